The number of aromatic nitrogens is 2. The highest BCUT2D eigenvalue weighted by Crippen LogP contribution is 2.19. The summed E-state index contributed by atoms with van der Waals surface area (Å²) in [6, 6.07) is 23.1. The van der Waals surface area contributed by atoms with E-state index in [0.29, 0.717) is 24.2 Å². The van der Waals surface area contributed by atoms with Gasteiger partial charge < -0.3 is 20.6 Å². The molecule has 0 spiro atoms. The van der Waals surface area contributed by atoms with Crippen LogP contribution in [0.5, 0.6) is 0 Å². The van der Waals surface area contributed by atoms with Gasteiger partial charge in [-0.2, -0.15) is 0 Å². The molecule has 6 nitrogen and oxygen atoms in total. The SMILES string of the molecule is O=C(NCCc1c[nH]c2ccccc12)c1cccc(C(=O)NCCc2c[nH]c3ccccc23)c1. The zero-order valence-electron chi connectivity index (χ0n) is 18.7. The second-order valence-corrected chi connectivity index (χ2v) is 8.31. The molecule has 0 aliphatic heterocycles. The van der Waals surface area contributed by atoms with Crippen molar-refractivity contribution >= 4 is 33.6 Å². The fraction of sp³-hybridized carbons (Fsp3) is 0.143. The molecule has 0 atom stereocenters. The first kappa shape index (κ1) is 21.5. The summed E-state index contributed by atoms with van der Waals surface area (Å²) in [7, 11) is 0. The van der Waals surface area contributed by atoms with Gasteiger partial charge in [0.2, 0.25) is 0 Å². The van der Waals surface area contributed by atoms with Crippen molar-refractivity contribution in [2.24, 2.45) is 0 Å². The summed E-state index contributed by atoms with van der Waals surface area (Å²) in [5.74, 6) is -0.374. The van der Waals surface area contributed by atoms with Gasteiger partial charge in [0.05, 0.1) is 0 Å². The number of amides is 2. The normalized spacial score (nSPS) is 11.1. The molecular weight excluding hydrogens is 424 g/mol. The topological polar surface area (TPSA) is 89.8 Å². The third-order valence-electron chi connectivity index (χ3n) is 6.10. The molecule has 0 fully saturated rings. The minimum atomic E-state index is -0.187. The highest BCUT2D eigenvalue weighted by Gasteiger charge is 2.11. The lowest BCUT2D eigenvalue weighted by molar-refractivity contribution is 0.0953. The van der Waals surface area contributed by atoms with Crippen LogP contribution in [-0.2, 0) is 12.8 Å². The first-order valence-electron chi connectivity index (χ1n) is 11.5. The van der Waals surface area contributed by atoms with Crippen molar-refractivity contribution in [3.63, 3.8) is 0 Å². The summed E-state index contributed by atoms with van der Waals surface area (Å²) in [5, 5.41) is 8.26. The van der Waals surface area contributed by atoms with Crippen molar-refractivity contribution in [2.45, 2.75) is 12.8 Å². The number of hydrogen-bond acceptors (Lipinski definition) is 2. The number of para-hydroxylation sites is 2. The van der Waals surface area contributed by atoms with Crippen molar-refractivity contribution in [1.82, 2.24) is 20.6 Å². The standard InChI is InChI=1S/C28H26N4O2/c33-27(29-14-12-21-17-31-25-10-3-1-8-23(21)25)19-6-5-7-20(16-19)28(34)30-15-13-22-18-32-26-11-4-2-9-24(22)26/h1-11,16-18,31-32H,12-15H2,(H,29,33)(H,30,34). The second-order valence-electron chi connectivity index (χ2n) is 8.31. The Morgan fingerprint density at radius 2 is 1.09 bits per heavy atom. The van der Waals surface area contributed by atoms with E-state index in [1.807, 2.05) is 48.8 Å². The molecule has 0 bridgehead atoms. The Bertz CT molecular complexity index is 1360. The van der Waals surface area contributed by atoms with E-state index in [2.05, 4.69) is 32.7 Å². The lowest BCUT2D eigenvalue weighted by atomic mass is 10.1. The summed E-state index contributed by atoms with van der Waals surface area (Å²) in [6.07, 6.45) is 5.42. The van der Waals surface area contributed by atoms with E-state index in [4.69, 9.17) is 0 Å². The molecule has 2 amide bonds. The van der Waals surface area contributed by atoms with Crippen molar-refractivity contribution in [3.05, 3.63) is 107 Å². The number of H-pyrrole nitrogens is 2. The van der Waals surface area contributed by atoms with Crippen molar-refractivity contribution in [1.29, 1.82) is 0 Å². The quantitative estimate of drug-likeness (QED) is 0.278. The minimum Gasteiger partial charge on any atom is -0.361 e. The van der Waals surface area contributed by atoms with Gasteiger partial charge in [-0.1, -0.05) is 42.5 Å². The molecule has 170 valence electrons. The molecular formula is C28H26N4O2. The number of carbonyl (C=O) groups is 2. The largest absolute Gasteiger partial charge is 0.361 e. The summed E-state index contributed by atoms with van der Waals surface area (Å²) in [4.78, 5) is 31.8. The molecule has 0 saturated heterocycles. The van der Waals surface area contributed by atoms with E-state index in [-0.39, 0.29) is 11.8 Å². The lowest BCUT2D eigenvalue weighted by Crippen LogP contribution is -2.28. The van der Waals surface area contributed by atoms with Crippen molar-refractivity contribution < 1.29 is 9.59 Å². The van der Waals surface area contributed by atoms with Crippen LogP contribution in [-0.4, -0.2) is 34.9 Å². The predicted molar refractivity (Wildman–Crippen MR) is 135 cm³/mol. The summed E-state index contributed by atoms with van der Waals surface area (Å²) < 4.78 is 0. The summed E-state index contributed by atoms with van der Waals surface area (Å²) >= 11 is 0. The van der Waals surface area contributed by atoms with Crippen LogP contribution >= 0.6 is 0 Å². The Morgan fingerprint density at radius 1 is 0.618 bits per heavy atom. The lowest BCUT2D eigenvalue weighted by Gasteiger charge is -2.08. The van der Waals surface area contributed by atoms with Gasteiger partial charge in [0.25, 0.3) is 11.8 Å². The third-order valence-corrected chi connectivity index (χ3v) is 6.10. The van der Waals surface area contributed by atoms with Crippen LogP contribution in [0, 0.1) is 0 Å². The molecule has 2 heterocycles. The van der Waals surface area contributed by atoms with Gasteiger partial charge in [-0.25, -0.2) is 0 Å². The Hall–Kier alpha value is -4.32. The molecule has 0 saturated carbocycles. The third kappa shape index (κ3) is 4.57. The van der Waals surface area contributed by atoms with Gasteiger partial charge in [0, 0.05) is 58.4 Å². The molecule has 5 aromatic rings. The van der Waals surface area contributed by atoms with E-state index in [1.165, 1.54) is 21.9 Å². The number of aromatic amines is 2. The average molecular weight is 451 g/mol. The first-order chi connectivity index (χ1) is 16.7. The van der Waals surface area contributed by atoms with Crippen LogP contribution in [0.2, 0.25) is 0 Å². The van der Waals surface area contributed by atoms with E-state index in [9.17, 15) is 9.59 Å². The fourth-order valence-corrected chi connectivity index (χ4v) is 4.30. The Morgan fingerprint density at radius 3 is 1.59 bits per heavy atom. The number of carbonyl (C=O) groups excluding carboxylic acids is 2. The van der Waals surface area contributed by atoms with Gasteiger partial charge in [0.1, 0.15) is 0 Å². The van der Waals surface area contributed by atoms with Gasteiger partial charge in [0.15, 0.2) is 0 Å². The number of nitrogens with one attached hydrogen (secondary N) is 4. The van der Waals surface area contributed by atoms with Gasteiger partial charge in [-0.05, 0) is 54.3 Å². The van der Waals surface area contributed by atoms with Crippen LogP contribution in [0.25, 0.3) is 21.8 Å². The monoisotopic (exact) mass is 450 g/mol. The Balaban J connectivity index is 1.14. The molecule has 0 aliphatic carbocycles. The molecule has 0 aliphatic rings. The number of hydrogen-bond donors (Lipinski definition) is 4. The fourth-order valence-electron chi connectivity index (χ4n) is 4.30. The van der Waals surface area contributed by atoms with Crippen LogP contribution in [0.15, 0.2) is 85.2 Å². The number of rotatable bonds is 8. The van der Waals surface area contributed by atoms with Crippen molar-refractivity contribution in [3.8, 4) is 0 Å². The first-order valence-corrected chi connectivity index (χ1v) is 11.5. The van der Waals surface area contributed by atoms with Gasteiger partial charge in [-0.3, -0.25) is 9.59 Å². The molecule has 34 heavy (non-hydrogen) atoms. The maximum Gasteiger partial charge on any atom is 0.251 e. The van der Waals surface area contributed by atoms with Gasteiger partial charge >= 0.3 is 0 Å². The molecule has 2 aromatic heterocycles. The van der Waals surface area contributed by atoms with Crippen LogP contribution < -0.4 is 10.6 Å². The molecule has 0 radical (unpaired) electrons. The van der Waals surface area contributed by atoms with E-state index < -0.39 is 0 Å². The van der Waals surface area contributed by atoms with Crippen LogP contribution in [0.4, 0.5) is 0 Å². The second kappa shape index (κ2) is 9.67. The molecule has 4 N–H and O–H groups in total. The summed E-state index contributed by atoms with van der Waals surface area (Å²) in [6.45, 7) is 1.03. The molecule has 6 heteroatoms. The Kier molecular flexibility index (Phi) is 6.12. The van der Waals surface area contributed by atoms with Crippen LogP contribution in [0.3, 0.4) is 0 Å². The predicted octanol–water partition coefficient (Wildman–Crippen LogP) is 4.59. The molecule has 0 unspecified atom stereocenters. The van der Waals surface area contributed by atoms with Crippen molar-refractivity contribution in [2.75, 3.05) is 13.1 Å². The average Bonchev–Trinajstić information content (AvgIpc) is 3.48. The Labute approximate surface area is 197 Å². The maximum atomic E-state index is 12.7. The molecule has 5 rings (SSSR count). The zero-order valence-corrected chi connectivity index (χ0v) is 18.7. The summed E-state index contributed by atoms with van der Waals surface area (Å²) in [5.41, 5.74) is 5.46. The van der Waals surface area contributed by atoms with E-state index >= 15 is 0 Å². The van der Waals surface area contributed by atoms with E-state index in [1.54, 1.807) is 24.3 Å². The zero-order chi connectivity index (χ0) is 23.3. The minimum absolute atomic E-state index is 0.187. The van der Waals surface area contributed by atoms with E-state index in [0.717, 1.165) is 23.9 Å². The highest BCUT2D eigenvalue weighted by molar-refractivity contribution is 5.99. The smallest absolute Gasteiger partial charge is 0.251 e. The van der Waals surface area contributed by atoms with Gasteiger partial charge in [-0.15, -0.1) is 0 Å². The number of fused-ring (bicyclic) bond motifs is 2. The molecule has 3 aromatic carbocycles. The van der Waals surface area contributed by atoms with Crippen LogP contribution in [0.1, 0.15) is 31.8 Å². The number of benzene rings is 3. The highest BCUT2D eigenvalue weighted by atomic mass is 16.2. The maximum absolute atomic E-state index is 12.7.